The summed E-state index contributed by atoms with van der Waals surface area (Å²) in [5, 5.41) is 2.77. The minimum absolute atomic E-state index is 0.0344. The van der Waals surface area contributed by atoms with Crippen LogP contribution in [0.5, 0.6) is 0 Å². The lowest BCUT2D eigenvalue weighted by atomic mass is 9.85. The zero-order chi connectivity index (χ0) is 18.8. The number of ether oxygens (including phenoxy) is 1. The minimum Gasteiger partial charge on any atom is -0.444 e. The van der Waals surface area contributed by atoms with Gasteiger partial charge in [0.15, 0.2) is 0 Å². The summed E-state index contributed by atoms with van der Waals surface area (Å²) >= 11 is 0. The Labute approximate surface area is 148 Å². The lowest BCUT2D eigenvalue weighted by Gasteiger charge is -2.44. The smallest absolute Gasteiger partial charge is 0.407 e. The predicted octanol–water partition coefficient (Wildman–Crippen LogP) is 2.52. The first-order chi connectivity index (χ1) is 11.6. The summed E-state index contributed by atoms with van der Waals surface area (Å²) in [7, 11) is 0. The Morgan fingerprint density at radius 3 is 2.32 bits per heavy atom. The van der Waals surface area contributed by atoms with Gasteiger partial charge in [0.25, 0.3) is 5.91 Å². The fraction of sp³-hybridized carbons (Fsp3) is 0.526. The van der Waals surface area contributed by atoms with Gasteiger partial charge in [0, 0.05) is 6.54 Å². The molecule has 0 bridgehead atoms. The zero-order valence-electron chi connectivity index (χ0n) is 15.4. The Morgan fingerprint density at radius 2 is 1.80 bits per heavy atom. The maximum atomic E-state index is 12.2. The molecule has 0 saturated carbocycles. The van der Waals surface area contributed by atoms with Crippen molar-refractivity contribution in [2.75, 3.05) is 0 Å². The third-order valence-electron chi connectivity index (χ3n) is 4.01. The monoisotopic (exact) mass is 346 g/mol. The van der Waals surface area contributed by atoms with Gasteiger partial charge in [-0.3, -0.25) is 9.59 Å². The lowest BCUT2D eigenvalue weighted by Crippen LogP contribution is -2.70. The van der Waals surface area contributed by atoms with Crippen LogP contribution in [0, 0.1) is 5.92 Å². The number of likely N-dealkylation sites (tertiary alicyclic amines) is 1. The average Bonchev–Trinajstić information content (AvgIpc) is 2.52. The number of amides is 2. The molecule has 136 valence electrons. The first-order valence-electron chi connectivity index (χ1n) is 8.48. The van der Waals surface area contributed by atoms with E-state index in [4.69, 9.17) is 4.74 Å². The topological polar surface area (TPSA) is 75.7 Å². The molecule has 2 atom stereocenters. The molecule has 25 heavy (non-hydrogen) atoms. The van der Waals surface area contributed by atoms with Crippen LogP contribution in [0.3, 0.4) is 0 Å². The Kier molecular flexibility index (Phi) is 5.50. The number of ketones is 1. The van der Waals surface area contributed by atoms with E-state index in [0.29, 0.717) is 6.54 Å². The molecule has 0 aliphatic carbocycles. The third kappa shape index (κ3) is 4.59. The van der Waals surface area contributed by atoms with Gasteiger partial charge in [-0.15, -0.1) is 0 Å². The number of carbonyl (C=O) groups is 3. The quantitative estimate of drug-likeness (QED) is 0.656. The fourth-order valence-corrected chi connectivity index (χ4v) is 2.83. The molecule has 0 radical (unpaired) electrons. The van der Waals surface area contributed by atoms with Crippen molar-refractivity contribution in [3.63, 3.8) is 0 Å². The largest absolute Gasteiger partial charge is 0.444 e. The first kappa shape index (κ1) is 19.0. The van der Waals surface area contributed by atoms with Crippen molar-refractivity contribution in [2.24, 2.45) is 5.92 Å². The number of nitrogens with one attached hydrogen (secondary N) is 1. The molecule has 1 aromatic carbocycles. The molecule has 6 nitrogen and oxygen atoms in total. The molecule has 1 aromatic rings. The van der Waals surface area contributed by atoms with Crippen LogP contribution in [0.4, 0.5) is 4.79 Å². The second kappa shape index (κ2) is 7.25. The van der Waals surface area contributed by atoms with Crippen molar-refractivity contribution < 1.29 is 19.1 Å². The van der Waals surface area contributed by atoms with Crippen molar-refractivity contribution in [3.8, 4) is 0 Å². The Hall–Kier alpha value is -2.37. The molecule has 2 unspecified atom stereocenters. The van der Waals surface area contributed by atoms with Gasteiger partial charge in [-0.1, -0.05) is 44.2 Å². The molecular formula is C19H26N2O4. The van der Waals surface area contributed by atoms with Crippen molar-refractivity contribution in [1.82, 2.24) is 10.2 Å². The first-order valence-corrected chi connectivity index (χ1v) is 8.48. The van der Waals surface area contributed by atoms with E-state index < -0.39 is 35.5 Å². The predicted molar refractivity (Wildman–Crippen MR) is 93.8 cm³/mol. The molecule has 1 saturated heterocycles. The van der Waals surface area contributed by atoms with Crippen LogP contribution in [0.2, 0.25) is 0 Å². The molecular weight excluding hydrogens is 320 g/mol. The minimum atomic E-state index is -0.666. The maximum Gasteiger partial charge on any atom is 0.407 e. The highest BCUT2D eigenvalue weighted by molar-refractivity contribution is 6.44. The molecule has 2 rings (SSSR count). The van der Waals surface area contributed by atoms with Crippen LogP contribution < -0.4 is 5.32 Å². The van der Waals surface area contributed by atoms with Crippen molar-refractivity contribution in [1.29, 1.82) is 0 Å². The van der Waals surface area contributed by atoms with Crippen molar-refractivity contribution in [2.45, 2.75) is 58.8 Å². The number of alkyl carbamates (subject to hydrolysis) is 1. The van der Waals surface area contributed by atoms with Crippen LogP contribution in [0.15, 0.2) is 30.3 Å². The number of hydrogen-bond donors (Lipinski definition) is 1. The van der Waals surface area contributed by atoms with Gasteiger partial charge in [-0.2, -0.15) is 0 Å². The summed E-state index contributed by atoms with van der Waals surface area (Å²) in [6.45, 7) is 9.47. The van der Waals surface area contributed by atoms with Crippen LogP contribution >= 0.6 is 0 Å². The van der Waals surface area contributed by atoms with Gasteiger partial charge < -0.3 is 15.0 Å². The molecule has 1 aliphatic rings. The number of rotatable bonds is 5. The van der Waals surface area contributed by atoms with E-state index in [9.17, 15) is 14.4 Å². The van der Waals surface area contributed by atoms with Gasteiger partial charge in [0.2, 0.25) is 5.78 Å². The van der Waals surface area contributed by atoms with Crippen molar-refractivity contribution in [3.05, 3.63) is 35.9 Å². The fourth-order valence-electron chi connectivity index (χ4n) is 2.83. The van der Waals surface area contributed by atoms with Gasteiger partial charge in [0.05, 0.1) is 6.04 Å². The Morgan fingerprint density at radius 1 is 1.20 bits per heavy atom. The highest BCUT2D eigenvalue weighted by Crippen LogP contribution is 2.26. The van der Waals surface area contributed by atoms with Gasteiger partial charge in [0.1, 0.15) is 11.6 Å². The lowest BCUT2D eigenvalue weighted by molar-refractivity contribution is -0.163. The second-order valence-electron chi connectivity index (χ2n) is 7.64. The second-order valence-corrected chi connectivity index (χ2v) is 7.64. The molecule has 1 heterocycles. The van der Waals surface area contributed by atoms with E-state index in [-0.39, 0.29) is 5.92 Å². The van der Waals surface area contributed by atoms with Crippen LogP contribution in [0.25, 0.3) is 0 Å². The average molecular weight is 346 g/mol. The number of β-lactam (4-membered cyclic amide) rings is 1. The van der Waals surface area contributed by atoms with Crippen LogP contribution in [0.1, 0.15) is 40.2 Å². The zero-order valence-corrected chi connectivity index (χ0v) is 15.4. The molecule has 1 fully saturated rings. The Balaban J connectivity index is 2.13. The van der Waals surface area contributed by atoms with E-state index in [0.717, 1.165) is 5.56 Å². The highest BCUT2D eigenvalue weighted by Gasteiger charge is 2.51. The number of nitrogens with zero attached hydrogens (tertiary/aromatic N) is 1. The van der Waals surface area contributed by atoms with E-state index in [1.807, 2.05) is 44.2 Å². The molecule has 2 amide bonds. The normalized spacial score (nSPS) is 18.8. The molecule has 0 aromatic heterocycles. The summed E-state index contributed by atoms with van der Waals surface area (Å²) in [5.41, 5.74) is 0.308. The van der Waals surface area contributed by atoms with Gasteiger partial charge in [-0.25, -0.2) is 4.79 Å². The number of hydrogen-bond acceptors (Lipinski definition) is 4. The van der Waals surface area contributed by atoms with Gasteiger partial charge in [-0.05, 0) is 32.3 Å². The summed E-state index contributed by atoms with van der Waals surface area (Å²) in [4.78, 5) is 37.9. The van der Waals surface area contributed by atoms with Crippen LogP contribution in [-0.2, 0) is 20.9 Å². The number of carbonyl (C=O) groups excluding carboxylic acids is 3. The highest BCUT2D eigenvalue weighted by atomic mass is 16.6. The van der Waals surface area contributed by atoms with Gasteiger partial charge >= 0.3 is 6.09 Å². The summed E-state index contributed by atoms with van der Waals surface area (Å²) in [5.74, 6) is -1.01. The molecule has 6 heteroatoms. The number of benzene rings is 1. The van der Waals surface area contributed by atoms with E-state index >= 15 is 0 Å². The summed E-state index contributed by atoms with van der Waals surface area (Å²) in [6, 6.07) is 8.30. The SMILES string of the molecule is CC(C)C(NC(=O)OC(C)(C)C)C1C(=O)C(=O)N1Cc1ccccc1. The van der Waals surface area contributed by atoms with Crippen molar-refractivity contribution >= 4 is 17.8 Å². The van der Waals surface area contributed by atoms with Crippen LogP contribution in [-0.4, -0.2) is 40.4 Å². The summed E-state index contributed by atoms with van der Waals surface area (Å²) in [6.07, 6.45) is -0.585. The molecule has 0 spiro atoms. The maximum absolute atomic E-state index is 12.2. The van der Waals surface area contributed by atoms with E-state index in [1.165, 1.54) is 4.90 Å². The molecule has 1 aliphatic heterocycles. The Bertz CT molecular complexity index is 649. The standard InChI is InChI=1S/C19H26N2O4/c1-12(2)14(20-18(24)25-19(3,4)5)15-16(22)17(23)21(15)11-13-9-7-6-8-10-13/h6-10,12,14-15H,11H2,1-5H3,(H,20,24). The number of Topliss-reactive ketones (excluding diaryl/α,β-unsaturated/α-hetero) is 1. The van der Waals surface area contributed by atoms with E-state index in [2.05, 4.69) is 5.32 Å². The summed E-state index contributed by atoms with van der Waals surface area (Å²) < 4.78 is 5.29. The van der Waals surface area contributed by atoms with E-state index in [1.54, 1.807) is 20.8 Å². The third-order valence-corrected chi connectivity index (χ3v) is 4.01. The molecule has 1 N–H and O–H groups in total.